The molecular weight excluding hydrogens is 262 g/mol. The SMILES string of the molecule is CCCc1c(C=O)nnn1-c1ccc(O)c(C(=O)O)c1. The number of hydrogen-bond donors (Lipinski definition) is 2. The molecule has 0 aliphatic heterocycles. The van der Waals surface area contributed by atoms with Crippen LogP contribution in [0.2, 0.25) is 0 Å². The third-order valence-electron chi connectivity index (χ3n) is 2.85. The molecule has 7 heteroatoms. The third-order valence-corrected chi connectivity index (χ3v) is 2.85. The Morgan fingerprint density at radius 1 is 1.45 bits per heavy atom. The Morgan fingerprint density at radius 2 is 2.20 bits per heavy atom. The average molecular weight is 275 g/mol. The van der Waals surface area contributed by atoms with Gasteiger partial charge in [0.25, 0.3) is 0 Å². The number of carboxylic acid groups (broad SMARTS) is 1. The van der Waals surface area contributed by atoms with Gasteiger partial charge in [-0.25, -0.2) is 9.48 Å². The third kappa shape index (κ3) is 2.37. The summed E-state index contributed by atoms with van der Waals surface area (Å²) in [6.45, 7) is 1.95. The van der Waals surface area contributed by atoms with Gasteiger partial charge in [-0.15, -0.1) is 5.10 Å². The largest absolute Gasteiger partial charge is 0.507 e. The van der Waals surface area contributed by atoms with Crippen LogP contribution in [0.5, 0.6) is 5.75 Å². The summed E-state index contributed by atoms with van der Waals surface area (Å²) in [7, 11) is 0. The van der Waals surface area contributed by atoms with E-state index in [0.717, 1.165) is 6.42 Å². The van der Waals surface area contributed by atoms with Crippen molar-refractivity contribution < 1.29 is 19.8 Å². The monoisotopic (exact) mass is 275 g/mol. The van der Waals surface area contributed by atoms with Crippen molar-refractivity contribution in [3.05, 3.63) is 35.2 Å². The zero-order valence-corrected chi connectivity index (χ0v) is 10.8. The number of phenols is 1. The molecule has 7 nitrogen and oxygen atoms in total. The fraction of sp³-hybridized carbons (Fsp3) is 0.231. The average Bonchev–Trinajstić information content (AvgIpc) is 2.82. The minimum absolute atomic E-state index is 0.229. The zero-order chi connectivity index (χ0) is 14.7. The van der Waals surface area contributed by atoms with Crippen LogP contribution < -0.4 is 0 Å². The van der Waals surface area contributed by atoms with E-state index in [1.54, 1.807) is 0 Å². The van der Waals surface area contributed by atoms with Crippen LogP contribution in [0.3, 0.4) is 0 Å². The van der Waals surface area contributed by atoms with Crippen LogP contribution in [0, 0.1) is 0 Å². The molecule has 2 N–H and O–H groups in total. The Labute approximate surface area is 114 Å². The number of carboxylic acids is 1. The Balaban J connectivity index is 2.56. The number of carbonyl (C=O) groups is 2. The second kappa shape index (κ2) is 5.52. The molecule has 2 rings (SSSR count). The van der Waals surface area contributed by atoms with Gasteiger partial charge in [0, 0.05) is 0 Å². The van der Waals surface area contributed by atoms with Gasteiger partial charge < -0.3 is 10.2 Å². The van der Waals surface area contributed by atoms with E-state index in [1.165, 1.54) is 22.9 Å². The lowest BCUT2D eigenvalue weighted by Crippen LogP contribution is -2.06. The van der Waals surface area contributed by atoms with Gasteiger partial charge in [-0.3, -0.25) is 4.79 Å². The summed E-state index contributed by atoms with van der Waals surface area (Å²) in [6.07, 6.45) is 2.00. The summed E-state index contributed by atoms with van der Waals surface area (Å²) in [5, 5.41) is 26.1. The van der Waals surface area contributed by atoms with Crippen LogP contribution in [0.15, 0.2) is 18.2 Å². The van der Waals surface area contributed by atoms with Gasteiger partial charge in [0.2, 0.25) is 0 Å². The van der Waals surface area contributed by atoms with Crippen molar-refractivity contribution >= 4 is 12.3 Å². The minimum atomic E-state index is -1.24. The van der Waals surface area contributed by atoms with E-state index >= 15 is 0 Å². The Bertz CT molecular complexity index is 664. The number of aromatic carboxylic acids is 1. The van der Waals surface area contributed by atoms with Crippen molar-refractivity contribution in [3.8, 4) is 11.4 Å². The second-order valence-electron chi connectivity index (χ2n) is 4.21. The quantitative estimate of drug-likeness (QED) is 0.800. The lowest BCUT2D eigenvalue weighted by Gasteiger charge is -2.07. The summed E-state index contributed by atoms with van der Waals surface area (Å²) >= 11 is 0. The summed E-state index contributed by atoms with van der Waals surface area (Å²) in [6, 6.07) is 4.08. The molecule has 20 heavy (non-hydrogen) atoms. The number of aldehydes is 1. The summed E-state index contributed by atoms with van der Waals surface area (Å²) < 4.78 is 1.42. The molecule has 0 bridgehead atoms. The van der Waals surface area contributed by atoms with Crippen molar-refractivity contribution in [3.63, 3.8) is 0 Å². The van der Waals surface area contributed by atoms with Crippen LogP contribution in [-0.2, 0) is 6.42 Å². The van der Waals surface area contributed by atoms with Gasteiger partial charge >= 0.3 is 5.97 Å². The number of rotatable bonds is 5. The minimum Gasteiger partial charge on any atom is -0.507 e. The van der Waals surface area contributed by atoms with Crippen LogP contribution in [0.1, 0.15) is 39.9 Å². The Kier molecular flexibility index (Phi) is 3.79. The van der Waals surface area contributed by atoms with Crippen LogP contribution in [-0.4, -0.2) is 37.5 Å². The van der Waals surface area contributed by atoms with Gasteiger partial charge in [-0.05, 0) is 24.6 Å². The molecule has 0 spiro atoms. The first-order valence-corrected chi connectivity index (χ1v) is 6.05. The predicted molar refractivity (Wildman–Crippen MR) is 69.4 cm³/mol. The lowest BCUT2D eigenvalue weighted by atomic mass is 10.1. The number of hydrogen-bond acceptors (Lipinski definition) is 5. The van der Waals surface area contributed by atoms with E-state index in [0.29, 0.717) is 24.1 Å². The number of nitrogens with zero attached hydrogens (tertiary/aromatic N) is 3. The second-order valence-corrected chi connectivity index (χ2v) is 4.21. The standard InChI is InChI=1S/C13H13N3O4/c1-2-3-11-10(7-17)14-15-16(11)8-4-5-12(18)9(6-8)13(19)20/h4-7,18H,2-3H2,1H3,(H,19,20). The highest BCUT2D eigenvalue weighted by Crippen LogP contribution is 2.22. The summed E-state index contributed by atoms with van der Waals surface area (Å²) in [5.74, 6) is -1.56. The molecule has 0 aliphatic carbocycles. The number of aromatic nitrogens is 3. The molecule has 0 unspecified atom stereocenters. The Hall–Kier alpha value is -2.70. The van der Waals surface area contributed by atoms with Crippen molar-refractivity contribution in [2.24, 2.45) is 0 Å². The fourth-order valence-corrected chi connectivity index (χ4v) is 1.91. The first kappa shape index (κ1) is 13.7. The van der Waals surface area contributed by atoms with Crippen LogP contribution >= 0.6 is 0 Å². The molecule has 0 aliphatic rings. The molecule has 0 radical (unpaired) electrons. The fourth-order valence-electron chi connectivity index (χ4n) is 1.91. The van der Waals surface area contributed by atoms with Crippen molar-refractivity contribution in [2.75, 3.05) is 0 Å². The summed E-state index contributed by atoms with van der Waals surface area (Å²) in [5.41, 5.74) is 1.05. The van der Waals surface area contributed by atoms with E-state index in [1.807, 2.05) is 6.92 Å². The lowest BCUT2D eigenvalue weighted by molar-refractivity contribution is 0.0693. The highest BCUT2D eigenvalue weighted by molar-refractivity contribution is 5.91. The highest BCUT2D eigenvalue weighted by Gasteiger charge is 2.16. The van der Waals surface area contributed by atoms with E-state index in [9.17, 15) is 14.7 Å². The van der Waals surface area contributed by atoms with Crippen molar-refractivity contribution in [2.45, 2.75) is 19.8 Å². The van der Waals surface area contributed by atoms with E-state index in [4.69, 9.17) is 5.11 Å². The molecule has 0 fully saturated rings. The molecular formula is C13H13N3O4. The number of aromatic hydroxyl groups is 1. The molecule has 0 amide bonds. The predicted octanol–water partition coefficient (Wildman–Crippen LogP) is 1.44. The van der Waals surface area contributed by atoms with E-state index in [-0.39, 0.29) is 17.0 Å². The van der Waals surface area contributed by atoms with Gasteiger partial charge in [-0.1, -0.05) is 18.6 Å². The van der Waals surface area contributed by atoms with Crippen molar-refractivity contribution in [1.82, 2.24) is 15.0 Å². The maximum absolute atomic E-state index is 11.0. The Morgan fingerprint density at radius 3 is 2.80 bits per heavy atom. The van der Waals surface area contributed by atoms with Gasteiger partial charge in [0.15, 0.2) is 6.29 Å². The molecule has 1 aromatic carbocycles. The first-order chi connectivity index (χ1) is 9.58. The topological polar surface area (TPSA) is 105 Å². The van der Waals surface area contributed by atoms with Gasteiger partial charge in [0.1, 0.15) is 17.0 Å². The molecule has 1 heterocycles. The van der Waals surface area contributed by atoms with Crippen molar-refractivity contribution in [1.29, 1.82) is 0 Å². The number of benzene rings is 1. The van der Waals surface area contributed by atoms with Gasteiger partial charge in [-0.2, -0.15) is 0 Å². The normalized spacial score (nSPS) is 10.4. The van der Waals surface area contributed by atoms with E-state index in [2.05, 4.69) is 10.3 Å². The van der Waals surface area contributed by atoms with Crippen LogP contribution in [0.4, 0.5) is 0 Å². The smallest absolute Gasteiger partial charge is 0.339 e. The van der Waals surface area contributed by atoms with Gasteiger partial charge in [0.05, 0.1) is 11.4 Å². The summed E-state index contributed by atoms with van der Waals surface area (Å²) in [4.78, 5) is 21.9. The molecule has 104 valence electrons. The van der Waals surface area contributed by atoms with Crippen LogP contribution in [0.25, 0.3) is 5.69 Å². The number of carbonyl (C=O) groups excluding carboxylic acids is 1. The maximum atomic E-state index is 11.0. The highest BCUT2D eigenvalue weighted by atomic mass is 16.4. The molecule has 0 saturated carbocycles. The molecule has 2 aromatic rings. The zero-order valence-electron chi connectivity index (χ0n) is 10.8. The first-order valence-electron chi connectivity index (χ1n) is 6.05. The van der Waals surface area contributed by atoms with E-state index < -0.39 is 5.97 Å². The molecule has 1 aromatic heterocycles. The molecule has 0 saturated heterocycles. The maximum Gasteiger partial charge on any atom is 0.339 e. The molecule has 0 atom stereocenters.